The SMILES string of the molecule is C=C(OCC)C(C#N)CC(C)C. The third-order valence-corrected chi connectivity index (χ3v) is 1.58. The van der Waals surface area contributed by atoms with Gasteiger partial charge in [-0.25, -0.2) is 0 Å². The predicted molar refractivity (Wildman–Crippen MR) is 49.3 cm³/mol. The molecule has 0 aliphatic heterocycles. The van der Waals surface area contributed by atoms with Crippen LogP contribution < -0.4 is 0 Å². The molecule has 0 saturated heterocycles. The predicted octanol–water partition coefficient (Wildman–Crippen LogP) is 2.72. The molecule has 0 aliphatic rings. The number of rotatable bonds is 5. The van der Waals surface area contributed by atoms with Crippen molar-refractivity contribution in [3.63, 3.8) is 0 Å². The number of ether oxygens (including phenoxy) is 1. The maximum atomic E-state index is 8.78. The first kappa shape index (κ1) is 11.0. The zero-order chi connectivity index (χ0) is 9.56. The smallest absolute Gasteiger partial charge is 0.106 e. The summed E-state index contributed by atoms with van der Waals surface area (Å²) in [4.78, 5) is 0. The highest BCUT2D eigenvalue weighted by Crippen LogP contribution is 2.18. The topological polar surface area (TPSA) is 33.0 Å². The molecule has 0 rings (SSSR count). The van der Waals surface area contributed by atoms with Crippen LogP contribution in [0.3, 0.4) is 0 Å². The summed E-state index contributed by atoms with van der Waals surface area (Å²) in [7, 11) is 0. The second-order valence-corrected chi connectivity index (χ2v) is 3.21. The van der Waals surface area contributed by atoms with Crippen LogP contribution in [0.4, 0.5) is 0 Å². The van der Waals surface area contributed by atoms with E-state index < -0.39 is 0 Å². The van der Waals surface area contributed by atoms with Crippen molar-refractivity contribution in [2.24, 2.45) is 11.8 Å². The van der Waals surface area contributed by atoms with E-state index in [1.807, 2.05) is 6.92 Å². The molecule has 0 aliphatic carbocycles. The fourth-order valence-corrected chi connectivity index (χ4v) is 1.01. The van der Waals surface area contributed by atoms with E-state index in [2.05, 4.69) is 26.5 Å². The number of allylic oxidation sites excluding steroid dienone is 1. The molecule has 0 radical (unpaired) electrons. The largest absolute Gasteiger partial charge is 0.497 e. The van der Waals surface area contributed by atoms with Crippen LogP contribution in [-0.4, -0.2) is 6.61 Å². The van der Waals surface area contributed by atoms with Crippen LogP contribution in [0.5, 0.6) is 0 Å². The fourth-order valence-electron chi connectivity index (χ4n) is 1.01. The van der Waals surface area contributed by atoms with Crippen molar-refractivity contribution >= 4 is 0 Å². The zero-order valence-electron chi connectivity index (χ0n) is 8.13. The first-order valence-corrected chi connectivity index (χ1v) is 4.33. The zero-order valence-corrected chi connectivity index (χ0v) is 8.13. The molecule has 0 N–H and O–H groups in total. The van der Waals surface area contributed by atoms with Gasteiger partial charge in [0.1, 0.15) is 11.7 Å². The second kappa shape index (κ2) is 5.65. The Bertz CT molecular complexity index is 179. The summed E-state index contributed by atoms with van der Waals surface area (Å²) in [5.41, 5.74) is 0. The lowest BCUT2D eigenvalue weighted by atomic mass is 9.97. The van der Waals surface area contributed by atoms with Crippen molar-refractivity contribution in [3.05, 3.63) is 12.3 Å². The summed E-state index contributed by atoms with van der Waals surface area (Å²) in [6.45, 7) is 10.4. The standard InChI is InChI=1S/C10H17NO/c1-5-12-9(4)10(7-11)6-8(2)3/h8,10H,4-6H2,1-3H3. The lowest BCUT2D eigenvalue weighted by Crippen LogP contribution is -2.07. The van der Waals surface area contributed by atoms with Gasteiger partial charge < -0.3 is 4.74 Å². The van der Waals surface area contributed by atoms with Crippen molar-refractivity contribution in [1.29, 1.82) is 5.26 Å². The summed E-state index contributed by atoms with van der Waals surface area (Å²) in [5, 5.41) is 8.78. The van der Waals surface area contributed by atoms with E-state index in [0.717, 1.165) is 6.42 Å². The van der Waals surface area contributed by atoms with Crippen LogP contribution in [0.2, 0.25) is 0 Å². The van der Waals surface area contributed by atoms with Crippen LogP contribution in [0.25, 0.3) is 0 Å². The lowest BCUT2D eigenvalue weighted by molar-refractivity contribution is 0.198. The maximum Gasteiger partial charge on any atom is 0.106 e. The molecule has 1 unspecified atom stereocenters. The van der Waals surface area contributed by atoms with E-state index >= 15 is 0 Å². The van der Waals surface area contributed by atoms with Gasteiger partial charge in [-0.3, -0.25) is 0 Å². The number of hydrogen-bond donors (Lipinski definition) is 0. The Hall–Kier alpha value is -0.970. The lowest BCUT2D eigenvalue weighted by Gasteiger charge is -2.14. The van der Waals surface area contributed by atoms with Gasteiger partial charge >= 0.3 is 0 Å². The molecule has 0 aromatic heterocycles. The minimum absolute atomic E-state index is 0.148. The van der Waals surface area contributed by atoms with E-state index in [4.69, 9.17) is 10.00 Å². The van der Waals surface area contributed by atoms with Crippen LogP contribution in [-0.2, 0) is 4.74 Å². The van der Waals surface area contributed by atoms with E-state index in [1.54, 1.807) is 0 Å². The highest BCUT2D eigenvalue weighted by Gasteiger charge is 2.14. The van der Waals surface area contributed by atoms with Crippen molar-refractivity contribution in [2.75, 3.05) is 6.61 Å². The molecule has 68 valence electrons. The Morgan fingerprint density at radius 1 is 1.58 bits per heavy atom. The normalized spacial score (nSPS) is 12.2. The van der Waals surface area contributed by atoms with Crippen molar-refractivity contribution < 1.29 is 4.74 Å². The first-order chi connectivity index (χ1) is 5.61. The van der Waals surface area contributed by atoms with Crippen LogP contribution >= 0.6 is 0 Å². The molecule has 0 aromatic carbocycles. The van der Waals surface area contributed by atoms with E-state index in [1.165, 1.54) is 0 Å². The molecule has 2 nitrogen and oxygen atoms in total. The van der Waals surface area contributed by atoms with Crippen molar-refractivity contribution in [1.82, 2.24) is 0 Å². The molecule has 0 bridgehead atoms. The van der Waals surface area contributed by atoms with E-state index in [-0.39, 0.29) is 5.92 Å². The van der Waals surface area contributed by atoms with Gasteiger partial charge in [-0.1, -0.05) is 20.4 Å². The highest BCUT2D eigenvalue weighted by atomic mass is 16.5. The van der Waals surface area contributed by atoms with Gasteiger partial charge in [0.05, 0.1) is 12.7 Å². The Kier molecular flexibility index (Phi) is 5.19. The van der Waals surface area contributed by atoms with Gasteiger partial charge in [-0.05, 0) is 19.3 Å². The van der Waals surface area contributed by atoms with Gasteiger partial charge in [0, 0.05) is 0 Å². The van der Waals surface area contributed by atoms with Gasteiger partial charge in [0.15, 0.2) is 0 Å². The van der Waals surface area contributed by atoms with Gasteiger partial charge in [0.2, 0.25) is 0 Å². The second-order valence-electron chi connectivity index (χ2n) is 3.21. The minimum atomic E-state index is -0.148. The molecule has 0 aromatic rings. The summed E-state index contributed by atoms with van der Waals surface area (Å²) in [6.07, 6.45) is 0.829. The summed E-state index contributed by atoms with van der Waals surface area (Å²) in [6, 6.07) is 2.19. The van der Waals surface area contributed by atoms with Crippen LogP contribution in [0.1, 0.15) is 27.2 Å². The summed E-state index contributed by atoms with van der Waals surface area (Å²) < 4.78 is 5.18. The van der Waals surface area contributed by atoms with Crippen LogP contribution in [0.15, 0.2) is 12.3 Å². The Morgan fingerprint density at radius 3 is 2.50 bits per heavy atom. The van der Waals surface area contributed by atoms with Gasteiger partial charge in [-0.15, -0.1) is 0 Å². The first-order valence-electron chi connectivity index (χ1n) is 4.33. The number of nitrogens with zero attached hydrogens (tertiary/aromatic N) is 1. The molecule has 0 spiro atoms. The summed E-state index contributed by atoms with van der Waals surface area (Å²) >= 11 is 0. The molecular weight excluding hydrogens is 150 g/mol. The molecule has 1 atom stereocenters. The Balaban J connectivity index is 3.99. The molecule has 0 fully saturated rings. The quantitative estimate of drug-likeness (QED) is 0.590. The van der Waals surface area contributed by atoms with E-state index in [0.29, 0.717) is 18.3 Å². The molecule has 12 heavy (non-hydrogen) atoms. The fraction of sp³-hybridized carbons (Fsp3) is 0.700. The molecule has 0 saturated carbocycles. The third kappa shape index (κ3) is 4.02. The minimum Gasteiger partial charge on any atom is -0.497 e. The number of nitriles is 1. The van der Waals surface area contributed by atoms with Crippen LogP contribution in [0, 0.1) is 23.2 Å². The van der Waals surface area contributed by atoms with Gasteiger partial charge in [0.25, 0.3) is 0 Å². The molecule has 0 heterocycles. The van der Waals surface area contributed by atoms with Gasteiger partial charge in [-0.2, -0.15) is 5.26 Å². The monoisotopic (exact) mass is 167 g/mol. The Labute approximate surface area is 74.8 Å². The third-order valence-electron chi connectivity index (χ3n) is 1.58. The maximum absolute atomic E-state index is 8.78. The average Bonchev–Trinajstić information content (AvgIpc) is 2.00. The average molecular weight is 167 g/mol. The highest BCUT2D eigenvalue weighted by molar-refractivity contribution is 5.03. The molecule has 0 amide bonds. The van der Waals surface area contributed by atoms with Crippen molar-refractivity contribution in [2.45, 2.75) is 27.2 Å². The van der Waals surface area contributed by atoms with E-state index in [9.17, 15) is 0 Å². The molecule has 2 heteroatoms. The Morgan fingerprint density at radius 2 is 2.17 bits per heavy atom. The van der Waals surface area contributed by atoms with Crippen molar-refractivity contribution in [3.8, 4) is 6.07 Å². The molecular formula is C10H17NO. The summed E-state index contributed by atoms with van der Waals surface area (Å²) in [5.74, 6) is 0.963. The number of hydrogen-bond acceptors (Lipinski definition) is 2.